The normalized spacial score (nSPS) is 12.2. The van der Waals surface area contributed by atoms with E-state index in [-0.39, 0.29) is 34.8 Å². The molecule has 2 N–H and O–H groups in total. The molecule has 1 unspecified atom stereocenters. The van der Waals surface area contributed by atoms with Crippen molar-refractivity contribution in [2.24, 2.45) is 0 Å². The number of Topliss-reactive ketones (excluding diaryl/α,β-unsaturated/α-hetero) is 1. The van der Waals surface area contributed by atoms with Gasteiger partial charge in [-0.15, -0.1) is 0 Å². The van der Waals surface area contributed by atoms with Crippen molar-refractivity contribution in [2.45, 2.75) is 19.3 Å². The molecule has 0 saturated heterocycles. The van der Waals surface area contributed by atoms with Crippen LogP contribution < -0.4 is 5.63 Å². The minimum absolute atomic E-state index is 0.0431. The van der Waals surface area contributed by atoms with Crippen molar-refractivity contribution in [3.05, 3.63) is 70.1 Å². The predicted octanol–water partition coefficient (Wildman–Crippen LogP) is 3.32. The predicted molar refractivity (Wildman–Crippen MR) is 89.4 cm³/mol. The highest BCUT2D eigenvalue weighted by Crippen LogP contribution is 2.36. The maximum Gasteiger partial charge on any atom is 0.343 e. The fourth-order valence-electron chi connectivity index (χ4n) is 2.84. The average Bonchev–Trinajstić information content (AvgIpc) is 2.54. The number of phenols is 1. The van der Waals surface area contributed by atoms with Gasteiger partial charge in [-0.1, -0.05) is 24.3 Å². The van der Waals surface area contributed by atoms with Gasteiger partial charge in [0.15, 0.2) is 0 Å². The lowest BCUT2D eigenvalue weighted by atomic mass is 9.87. The molecule has 0 radical (unpaired) electrons. The van der Waals surface area contributed by atoms with E-state index in [2.05, 4.69) is 0 Å². The second-order valence-electron chi connectivity index (χ2n) is 5.70. The van der Waals surface area contributed by atoms with Crippen LogP contribution in [0.25, 0.3) is 11.0 Å². The zero-order chi connectivity index (χ0) is 17.3. The molecule has 1 heterocycles. The number of benzene rings is 2. The molecule has 1 aromatic heterocycles. The summed E-state index contributed by atoms with van der Waals surface area (Å²) in [5.41, 5.74) is 0.303. The first-order chi connectivity index (χ1) is 11.5. The molecule has 0 aliphatic rings. The molecule has 2 aromatic carbocycles. The van der Waals surface area contributed by atoms with Crippen LogP contribution >= 0.6 is 0 Å². The lowest BCUT2D eigenvalue weighted by Crippen LogP contribution is -2.16. The van der Waals surface area contributed by atoms with Crippen LogP contribution in [-0.2, 0) is 4.79 Å². The number of aromatic hydroxyl groups is 2. The SMILES string of the molecule is CC(=O)CC(c1ccc(O)cc1)c1c(O)c2ccccc2oc1=O. The van der Waals surface area contributed by atoms with Gasteiger partial charge in [-0.3, -0.25) is 4.79 Å². The zero-order valence-electron chi connectivity index (χ0n) is 13.0. The van der Waals surface area contributed by atoms with Crippen LogP contribution in [0.5, 0.6) is 11.5 Å². The van der Waals surface area contributed by atoms with Crippen LogP contribution in [0.1, 0.15) is 30.4 Å². The van der Waals surface area contributed by atoms with Gasteiger partial charge in [0.1, 0.15) is 22.9 Å². The smallest absolute Gasteiger partial charge is 0.343 e. The van der Waals surface area contributed by atoms with Crippen LogP contribution in [0.2, 0.25) is 0 Å². The van der Waals surface area contributed by atoms with E-state index in [0.717, 1.165) is 0 Å². The fraction of sp³-hybridized carbons (Fsp3) is 0.158. The van der Waals surface area contributed by atoms with Crippen molar-refractivity contribution in [2.75, 3.05) is 0 Å². The molecular weight excluding hydrogens is 308 g/mol. The van der Waals surface area contributed by atoms with Crippen molar-refractivity contribution in [1.29, 1.82) is 0 Å². The number of ketones is 1. The minimum Gasteiger partial charge on any atom is -0.508 e. The molecule has 122 valence electrons. The van der Waals surface area contributed by atoms with E-state index in [4.69, 9.17) is 4.42 Å². The first kappa shape index (κ1) is 15.8. The van der Waals surface area contributed by atoms with Gasteiger partial charge in [-0.25, -0.2) is 4.79 Å². The van der Waals surface area contributed by atoms with Crippen molar-refractivity contribution in [3.63, 3.8) is 0 Å². The summed E-state index contributed by atoms with van der Waals surface area (Å²) in [6.07, 6.45) is 0.0431. The third-order valence-corrected chi connectivity index (χ3v) is 3.96. The van der Waals surface area contributed by atoms with E-state index >= 15 is 0 Å². The Bertz CT molecular complexity index is 954. The molecule has 3 rings (SSSR count). The summed E-state index contributed by atoms with van der Waals surface area (Å²) in [7, 11) is 0. The van der Waals surface area contributed by atoms with Gasteiger partial charge in [0.25, 0.3) is 0 Å². The zero-order valence-corrected chi connectivity index (χ0v) is 13.0. The summed E-state index contributed by atoms with van der Waals surface area (Å²) in [5, 5.41) is 20.5. The van der Waals surface area contributed by atoms with Crippen molar-refractivity contribution >= 4 is 16.8 Å². The molecule has 24 heavy (non-hydrogen) atoms. The summed E-state index contributed by atoms with van der Waals surface area (Å²) < 4.78 is 5.31. The lowest BCUT2D eigenvalue weighted by molar-refractivity contribution is -0.117. The highest BCUT2D eigenvalue weighted by molar-refractivity contribution is 5.85. The minimum atomic E-state index is -0.675. The molecule has 0 fully saturated rings. The molecule has 0 saturated carbocycles. The number of para-hydroxylation sites is 1. The summed E-state index contributed by atoms with van der Waals surface area (Å²) in [4.78, 5) is 24.1. The molecule has 3 aromatic rings. The third-order valence-electron chi connectivity index (χ3n) is 3.96. The molecule has 1 atom stereocenters. The molecule has 0 bridgehead atoms. The third kappa shape index (κ3) is 2.88. The molecular formula is C19H16O5. The Morgan fingerprint density at radius 3 is 2.42 bits per heavy atom. The van der Waals surface area contributed by atoms with Gasteiger partial charge in [0.2, 0.25) is 0 Å². The summed E-state index contributed by atoms with van der Waals surface area (Å²) in [6, 6.07) is 12.9. The van der Waals surface area contributed by atoms with Gasteiger partial charge in [-0.05, 0) is 36.8 Å². The Morgan fingerprint density at radius 2 is 1.75 bits per heavy atom. The monoisotopic (exact) mass is 324 g/mol. The Morgan fingerprint density at radius 1 is 1.08 bits per heavy atom. The van der Waals surface area contributed by atoms with E-state index in [9.17, 15) is 19.8 Å². The molecule has 0 spiro atoms. The van der Waals surface area contributed by atoms with Crippen LogP contribution in [0.15, 0.2) is 57.7 Å². The second kappa shape index (κ2) is 6.20. The summed E-state index contributed by atoms with van der Waals surface area (Å²) in [6.45, 7) is 1.42. The van der Waals surface area contributed by atoms with Crippen LogP contribution in [-0.4, -0.2) is 16.0 Å². The van der Waals surface area contributed by atoms with Gasteiger partial charge in [0, 0.05) is 12.3 Å². The average molecular weight is 324 g/mol. The largest absolute Gasteiger partial charge is 0.508 e. The van der Waals surface area contributed by atoms with Crippen LogP contribution in [0.3, 0.4) is 0 Å². The van der Waals surface area contributed by atoms with E-state index in [1.807, 2.05) is 0 Å². The molecule has 5 nitrogen and oxygen atoms in total. The molecule has 5 heteroatoms. The summed E-state index contributed by atoms with van der Waals surface area (Å²) >= 11 is 0. The van der Waals surface area contributed by atoms with E-state index in [0.29, 0.717) is 10.9 Å². The first-order valence-corrected chi connectivity index (χ1v) is 7.50. The number of phenolic OH excluding ortho intramolecular Hbond substituents is 1. The number of fused-ring (bicyclic) bond motifs is 1. The van der Waals surface area contributed by atoms with E-state index in [1.165, 1.54) is 19.1 Å². The van der Waals surface area contributed by atoms with Gasteiger partial charge in [-0.2, -0.15) is 0 Å². The Hall–Kier alpha value is -3.08. The highest BCUT2D eigenvalue weighted by Gasteiger charge is 2.25. The van der Waals surface area contributed by atoms with E-state index in [1.54, 1.807) is 36.4 Å². The number of hydrogen-bond donors (Lipinski definition) is 2. The maximum absolute atomic E-state index is 12.4. The van der Waals surface area contributed by atoms with Gasteiger partial charge >= 0.3 is 5.63 Å². The number of hydrogen-bond acceptors (Lipinski definition) is 5. The molecule has 0 amide bonds. The van der Waals surface area contributed by atoms with Crippen molar-refractivity contribution in [3.8, 4) is 11.5 Å². The lowest BCUT2D eigenvalue weighted by Gasteiger charge is -2.17. The number of rotatable bonds is 4. The Kier molecular flexibility index (Phi) is 4.08. The van der Waals surface area contributed by atoms with Crippen molar-refractivity contribution in [1.82, 2.24) is 0 Å². The maximum atomic E-state index is 12.4. The Balaban J connectivity index is 2.24. The van der Waals surface area contributed by atoms with Crippen LogP contribution in [0.4, 0.5) is 0 Å². The molecule has 0 aliphatic carbocycles. The van der Waals surface area contributed by atoms with Crippen LogP contribution in [0, 0.1) is 0 Å². The van der Waals surface area contributed by atoms with Gasteiger partial charge in [0.05, 0.1) is 10.9 Å². The standard InChI is InChI=1S/C19H16O5/c1-11(20)10-15(12-6-8-13(21)9-7-12)17-18(22)14-4-2-3-5-16(14)24-19(17)23/h2-9,15,21-22H,10H2,1H3. The second-order valence-corrected chi connectivity index (χ2v) is 5.70. The summed E-state index contributed by atoms with van der Waals surface area (Å²) in [5.74, 6) is -0.875. The first-order valence-electron chi connectivity index (χ1n) is 7.50. The highest BCUT2D eigenvalue weighted by atomic mass is 16.4. The topological polar surface area (TPSA) is 87.7 Å². The molecule has 0 aliphatic heterocycles. The number of carbonyl (C=O) groups excluding carboxylic acids is 1. The van der Waals surface area contributed by atoms with Gasteiger partial charge < -0.3 is 14.6 Å². The van der Waals surface area contributed by atoms with Crippen molar-refractivity contribution < 1.29 is 19.4 Å². The fourth-order valence-corrected chi connectivity index (χ4v) is 2.84. The Labute approximate surface area is 137 Å². The quantitative estimate of drug-likeness (QED) is 0.719. The van der Waals surface area contributed by atoms with E-state index < -0.39 is 11.5 Å². The number of carbonyl (C=O) groups is 1.